The maximum absolute atomic E-state index is 12.4. The molecule has 1 saturated heterocycles. The summed E-state index contributed by atoms with van der Waals surface area (Å²) >= 11 is 0. The van der Waals surface area contributed by atoms with Crippen LogP contribution in [0.25, 0.3) is 0 Å². The van der Waals surface area contributed by atoms with Crippen molar-refractivity contribution >= 4 is 0 Å². The minimum Gasteiger partial charge on any atom is -0.431 e. The molecular weight excluding hydrogens is 488 g/mol. The summed E-state index contributed by atoms with van der Waals surface area (Å²) in [6.07, 6.45) is 5.32. The van der Waals surface area contributed by atoms with E-state index in [1.807, 2.05) is 6.07 Å². The van der Waals surface area contributed by atoms with E-state index in [0.717, 1.165) is 56.9 Å². The molecule has 3 saturated carbocycles. The van der Waals surface area contributed by atoms with Gasteiger partial charge in [-0.2, -0.15) is 0 Å². The van der Waals surface area contributed by atoms with Gasteiger partial charge >= 0.3 is 5.63 Å². The van der Waals surface area contributed by atoms with E-state index in [0.29, 0.717) is 5.92 Å². The molecule has 4 unspecified atom stereocenters. The predicted octanol–water partition coefficient (Wildman–Crippen LogP) is 3.01. The van der Waals surface area contributed by atoms with Gasteiger partial charge in [0.25, 0.3) is 0 Å². The fourth-order valence-electron chi connectivity index (χ4n) is 9.17. The zero-order chi connectivity index (χ0) is 27.0. The molecule has 0 amide bonds. The molecule has 1 aromatic heterocycles. The lowest BCUT2D eigenvalue weighted by atomic mass is 9.45. The van der Waals surface area contributed by atoms with Crippen LogP contribution in [0.2, 0.25) is 0 Å². The molecule has 0 aromatic carbocycles. The zero-order valence-electron chi connectivity index (χ0n) is 22.6. The van der Waals surface area contributed by atoms with E-state index < -0.39 is 36.3 Å². The number of hydrogen-bond donors (Lipinski definition) is 4. The molecule has 8 nitrogen and oxygen atoms in total. The summed E-state index contributed by atoms with van der Waals surface area (Å²) in [5.74, 6) is 0.759. The van der Waals surface area contributed by atoms with Crippen molar-refractivity contribution in [1.29, 1.82) is 0 Å². The van der Waals surface area contributed by atoms with Crippen LogP contribution in [0.15, 0.2) is 39.3 Å². The van der Waals surface area contributed by atoms with Crippen LogP contribution in [0.4, 0.5) is 0 Å². The quantitative estimate of drug-likeness (QED) is 0.439. The normalized spacial score (nSPS) is 50.5. The molecule has 12 atom stereocenters. The second kappa shape index (κ2) is 9.25. The van der Waals surface area contributed by atoms with E-state index in [4.69, 9.17) is 13.9 Å². The standard InChI is InChI=1S/C30H42O8/c1-16-24(32)25(33)26(34)27(37-16)38-19-8-11-28(2)18(14-19)5-6-22-21(28)9-12-29(3)20(10-13-30(22,29)35)17-4-7-23(31)36-15-17/h4,7,14-16,19-22,24-27,32-35H,5-6,8-13H2,1-3H3/t16-,19-,20+,21?,22?,24-,25?,26?,27-,28-,29+,30-/m0/s1. The Labute approximate surface area is 223 Å². The molecule has 8 heteroatoms. The van der Waals surface area contributed by atoms with E-state index in [-0.39, 0.29) is 34.4 Å². The van der Waals surface area contributed by atoms with Gasteiger partial charge in [0.05, 0.1) is 24.1 Å². The first-order valence-corrected chi connectivity index (χ1v) is 14.4. The highest BCUT2D eigenvalue weighted by atomic mass is 16.7. The topological polar surface area (TPSA) is 130 Å². The molecule has 6 rings (SSSR count). The van der Waals surface area contributed by atoms with Crippen LogP contribution in [0.3, 0.4) is 0 Å². The Bertz CT molecular complexity index is 1130. The van der Waals surface area contributed by atoms with Crippen LogP contribution in [0, 0.1) is 22.7 Å². The summed E-state index contributed by atoms with van der Waals surface area (Å²) in [4.78, 5) is 11.5. The van der Waals surface area contributed by atoms with Gasteiger partial charge in [0.1, 0.15) is 18.3 Å². The van der Waals surface area contributed by atoms with Crippen molar-refractivity contribution in [1.82, 2.24) is 0 Å². The first-order chi connectivity index (χ1) is 18.0. The van der Waals surface area contributed by atoms with E-state index >= 15 is 0 Å². The molecule has 38 heavy (non-hydrogen) atoms. The van der Waals surface area contributed by atoms with Crippen molar-refractivity contribution in [2.24, 2.45) is 22.7 Å². The number of aliphatic hydroxyl groups is 4. The molecule has 0 bridgehead atoms. The minimum atomic E-state index is -1.31. The third-order valence-corrected chi connectivity index (χ3v) is 11.5. The van der Waals surface area contributed by atoms with E-state index in [2.05, 4.69) is 19.9 Å². The molecule has 0 radical (unpaired) electrons. The fraction of sp³-hybridized carbons (Fsp3) is 0.767. The molecular formula is C30H42O8. The smallest absolute Gasteiger partial charge is 0.335 e. The summed E-state index contributed by atoms with van der Waals surface area (Å²) in [6, 6.07) is 3.36. The Kier molecular flexibility index (Phi) is 6.49. The average molecular weight is 531 g/mol. The molecule has 1 aliphatic heterocycles. The lowest BCUT2D eigenvalue weighted by Gasteiger charge is -2.62. The Morgan fingerprint density at radius 2 is 1.74 bits per heavy atom. The monoisotopic (exact) mass is 530 g/mol. The van der Waals surface area contributed by atoms with Gasteiger partial charge in [-0.05, 0) is 93.1 Å². The molecule has 210 valence electrons. The molecule has 1 aromatic rings. The van der Waals surface area contributed by atoms with Gasteiger partial charge in [-0.3, -0.25) is 0 Å². The lowest BCUT2D eigenvalue weighted by molar-refractivity contribution is -0.301. The second-order valence-corrected chi connectivity index (χ2v) is 13.1. The number of rotatable bonds is 3. The number of hydrogen-bond acceptors (Lipinski definition) is 8. The molecule has 4 N–H and O–H groups in total. The van der Waals surface area contributed by atoms with Crippen molar-refractivity contribution in [2.75, 3.05) is 0 Å². The van der Waals surface area contributed by atoms with Crippen molar-refractivity contribution in [3.05, 3.63) is 46.0 Å². The van der Waals surface area contributed by atoms with Gasteiger partial charge in [0.15, 0.2) is 6.29 Å². The van der Waals surface area contributed by atoms with Gasteiger partial charge in [-0.1, -0.05) is 25.5 Å². The van der Waals surface area contributed by atoms with Crippen molar-refractivity contribution in [3.8, 4) is 0 Å². The highest BCUT2D eigenvalue weighted by Gasteiger charge is 2.66. The molecule has 0 spiro atoms. The third kappa shape index (κ3) is 3.82. The fourth-order valence-corrected chi connectivity index (χ4v) is 9.17. The first kappa shape index (κ1) is 26.7. The molecule has 4 aliphatic carbocycles. The summed E-state index contributed by atoms with van der Waals surface area (Å²) in [6.45, 7) is 6.26. The zero-order valence-corrected chi connectivity index (χ0v) is 22.6. The molecule has 2 heterocycles. The Morgan fingerprint density at radius 3 is 2.47 bits per heavy atom. The average Bonchev–Trinajstić information content (AvgIpc) is 3.18. The maximum Gasteiger partial charge on any atom is 0.335 e. The summed E-state index contributed by atoms with van der Waals surface area (Å²) in [7, 11) is 0. The van der Waals surface area contributed by atoms with Gasteiger partial charge in [-0.25, -0.2) is 4.79 Å². The number of allylic oxidation sites excluding steroid dienone is 1. The second-order valence-electron chi connectivity index (χ2n) is 13.1. The number of ether oxygens (including phenoxy) is 2. The molecule has 5 aliphatic rings. The van der Waals surface area contributed by atoms with Crippen molar-refractivity contribution in [3.63, 3.8) is 0 Å². The SMILES string of the molecule is C[C@@H]1O[C@@H](O[C@@H]2C=C3CCC4C(CC[C@]5(C)[C@@H](c6ccc(=O)oc6)CC[C@]45O)[C@@]3(C)CC2)C(O)C(O)[C@H]1O. The van der Waals surface area contributed by atoms with Gasteiger partial charge in [-0.15, -0.1) is 0 Å². The molecule has 4 fully saturated rings. The van der Waals surface area contributed by atoms with Gasteiger partial charge < -0.3 is 34.3 Å². The largest absolute Gasteiger partial charge is 0.431 e. The third-order valence-electron chi connectivity index (χ3n) is 11.5. The maximum atomic E-state index is 12.4. The highest BCUT2D eigenvalue weighted by molar-refractivity contribution is 5.31. The Morgan fingerprint density at radius 1 is 0.947 bits per heavy atom. The Hall–Kier alpha value is -1.55. The van der Waals surface area contributed by atoms with Crippen LogP contribution in [-0.2, 0) is 9.47 Å². The van der Waals surface area contributed by atoms with Gasteiger partial charge in [0, 0.05) is 11.5 Å². The van der Waals surface area contributed by atoms with E-state index in [9.17, 15) is 25.2 Å². The van der Waals surface area contributed by atoms with Crippen molar-refractivity contribution < 1.29 is 34.3 Å². The van der Waals surface area contributed by atoms with Crippen LogP contribution < -0.4 is 5.63 Å². The highest BCUT2D eigenvalue weighted by Crippen LogP contribution is 2.70. The number of aliphatic hydroxyl groups excluding tert-OH is 3. The summed E-state index contributed by atoms with van der Waals surface area (Å²) in [5, 5.41) is 43.0. The van der Waals surface area contributed by atoms with E-state index in [1.165, 1.54) is 11.6 Å². The summed E-state index contributed by atoms with van der Waals surface area (Å²) in [5.41, 5.74) is 0.991. The van der Waals surface area contributed by atoms with Crippen LogP contribution in [-0.4, -0.2) is 62.8 Å². The summed E-state index contributed by atoms with van der Waals surface area (Å²) < 4.78 is 17.0. The Balaban J connectivity index is 1.21. The van der Waals surface area contributed by atoms with Crippen molar-refractivity contribution in [2.45, 2.75) is 120 Å². The van der Waals surface area contributed by atoms with Crippen LogP contribution in [0.1, 0.15) is 83.6 Å². The van der Waals surface area contributed by atoms with Crippen LogP contribution in [0.5, 0.6) is 0 Å². The van der Waals surface area contributed by atoms with Gasteiger partial charge in [0.2, 0.25) is 0 Å². The number of fused-ring (bicyclic) bond motifs is 5. The minimum absolute atomic E-state index is 0.0213. The van der Waals surface area contributed by atoms with E-state index in [1.54, 1.807) is 13.2 Å². The predicted molar refractivity (Wildman–Crippen MR) is 138 cm³/mol. The first-order valence-electron chi connectivity index (χ1n) is 14.4. The van der Waals surface area contributed by atoms with Crippen LogP contribution >= 0.6 is 0 Å². The lowest BCUT2D eigenvalue weighted by Crippen LogP contribution is -2.60.